The van der Waals surface area contributed by atoms with Crippen LogP contribution in [0.4, 0.5) is 13.2 Å². The van der Waals surface area contributed by atoms with Crippen LogP contribution in [-0.4, -0.2) is 43.2 Å². The van der Waals surface area contributed by atoms with Crippen LogP contribution in [0, 0.1) is 0 Å². The van der Waals surface area contributed by atoms with Crippen LogP contribution in [0.15, 0.2) is 0 Å². The third-order valence-corrected chi connectivity index (χ3v) is 2.38. The van der Waals surface area contributed by atoms with E-state index in [-0.39, 0.29) is 6.04 Å². The summed E-state index contributed by atoms with van der Waals surface area (Å²) in [5.74, 6) is -1.76. The predicted octanol–water partition coefficient (Wildman–Crippen LogP) is 0.759. The maximum Gasteiger partial charge on any atom is 0.471 e. The second kappa shape index (κ2) is 4.16. The van der Waals surface area contributed by atoms with Crippen LogP contribution in [0.5, 0.6) is 0 Å². The molecule has 0 radical (unpaired) electrons. The Morgan fingerprint density at radius 2 is 2.14 bits per heavy atom. The van der Waals surface area contributed by atoms with E-state index in [9.17, 15) is 18.0 Å². The van der Waals surface area contributed by atoms with Crippen LogP contribution in [0.1, 0.15) is 12.8 Å². The maximum atomic E-state index is 12.0. The van der Waals surface area contributed by atoms with Crippen molar-refractivity contribution in [3.05, 3.63) is 0 Å². The standard InChI is InChI=1S/C8H13F3N2O/c1-13(7(14)8(9,10)11)6-3-2-4-12-5-6/h6,12H,2-5H2,1H3. The molecule has 3 nitrogen and oxygen atoms in total. The third kappa shape index (κ3) is 2.60. The Hall–Kier alpha value is -0.780. The highest BCUT2D eigenvalue weighted by molar-refractivity contribution is 5.81. The lowest BCUT2D eigenvalue weighted by atomic mass is 10.1. The molecule has 6 heteroatoms. The number of carbonyl (C=O) groups is 1. The van der Waals surface area contributed by atoms with E-state index in [4.69, 9.17) is 0 Å². The average Bonchev–Trinajstić information content (AvgIpc) is 2.15. The lowest BCUT2D eigenvalue weighted by Crippen LogP contribution is -2.50. The molecule has 1 heterocycles. The number of nitrogens with one attached hydrogen (secondary N) is 1. The minimum atomic E-state index is -4.76. The molecule has 1 rings (SSSR count). The van der Waals surface area contributed by atoms with Crippen LogP contribution in [-0.2, 0) is 4.79 Å². The Bertz CT molecular complexity index is 211. The fraction of sp³-hybridized carbons (Fsp3) is 0.875. The minimum absolute atomic E-state index is 0.335. The van der Waals surface area contributed by atoms with Crippen LogP contribution < -0.4 is 5.32 Å². The lowest BCUT2D eigenvalue weighted by molar-refractivity contribution is -0.186. The van der Waals surface area contributed by atoms with Gasteiger partial charge in [0.05, 0.1) is 0 Å². The zero-order chi connectivity index (χ0) is 10.8. The number of hydrogen-bond donors (Lipinski definition) is 1. The van der Waals surface area contributed by atoms with Crippen molar-refractivity contribution in [2.75, 3.05) is 20.1 Å². The van der Waals surface area contributed by atoms with Gasteiger partial charge in [-0.05, 0) is 19.4 Å². The summed E-state index contributed by atoms with van der Waals surface area (Å²) in [6.45, 7) is 1.25. The summed E-state index contributed by atoms with van der Waals surface area (Å²) in [5.41, 5.74) is 0. The second-order valence-electron chi connectivity index (χ2n) is 3.41. The first-order valence-corrected chi connectivity index (χ1v) is 4.47. The molecule has 1 saturated heterocycles. The van der Waals surface area contributed by atoms with E-state index in [0.717, 1.165) is 17.9 Å². The number of carbonyl (C=O) groups excluding carboxylic acids is 1. The molecular weight excluding hydrogens is 197 g/mol. The Morgan fingerprint density at radius 3 is 2.57 bits per heavy atom. The molecule has 0 aromatic heterocycles. The number of nitrogens with zero attached hydrogens (tertiary/aromatic N) is 1. The van der Waals surface area contributed by atoms with Gasteiger partial charge in [-0.15, -0.1) is 0 Å². The van der Waals surface area contributed by atoms with E-state index in [1.165, 1.54) is 7.05 Å². The molecule has 1 N–H and O–H groups in total. The van der Waals surface area contributed by atoms with Gasteiger partial charge < -0.3 is 10.2 Å². The smallest absolute Gasteiger partial charge is 0.334 e. The van der Waals surface area contributed by atoms with Gasteiger partial charge in [0.2, 0.25) is 0 Å². The molecule has 1 atom stereocenters. The molecule has 1 amide bonds. The largest absolute Gasteiger partial charge is 0.471 e. The number of hydrogen-bond acceptors (Lipinski definition) is 2. The van der Waals surface area contributed by atoms with Crippen molar-refractivity contribution in [3.63, 3.8) is 0 Å². The SMILES string of the molecule is CN(C(=O)C(F)(F)F)C1CCCNC1. The molecule has 0 aliphatic carbocycles. The summed E-state index contributed by atoms with van der Waals surface area (Å²) in [5, 5.41) is 2.96. The first kappa shape index (κ1) is 11.3. The molecular formula is C8H13F3N2O. The topological polar surface area (TPSA) is 32.3 Å². The fourth-order valence-corrected chi connectivity index (χ4v) is 1.53. The van der Waals surface area contributed by atoms with E-state index in [0.29, 0.717) is 13.0 Å². The highest BCUT2D eigenvalue weighted by Crippen LogP contribution is 2.20. The van der Waals surface area contributed by atoms with Crippen LogP contribution in [0.3, 0.4) is 0 Å². The van der Waals surface area contributed by atoms with Crippen LogP contribution in [0.2, 0.25) is 0 Å². The minimum Gasteiger partial charge on any atom is -0.334 e. The molecule has 1 unspecified atom stereocenters. The van der Waals surface area contributed by atoms with Crippen molar-refractivity contribution in [3.8, 4) is 0 Å². The van der Waals surface area contributed by atoms with Crippen molar-refractivity contribution in [1.82, 2.24) is 10.2 Å². The van der Waals surface area contributed by atoms with Gasteiger partial charge >= 0.3 is 12.1 Å². The summed E-state index contributed by atoms with van der Waals surface area (Å²) in [6.07, 6.45) is -3.32. The summed E-state index contributed by atoms with van der Waals surface area (Å²) in [4.78, 5) is 11.6. The van der Waals surface area contributed by atoms with Gasteiger partial charge in [-0.25, -0.2) is 0 Å². The normalized spacial score (nSPS) is 23.3. The van der Waals surface area contributed by atoms with E-state index >= 15 is 0 Å². The first-order valence-electron chi connectivity index (χ1n) is 4.47. The van der Waals surface area contributed by atoms with Crippen molar-refractivity contribution in [2.24, 2.45) is 0 Å². The fourth-order valence-electron chi connectivity index (χ4n) is 1.53. The number of rotatable bonds is 1. The molecule has 1 fully saturated rings. The molecule has 0 spiro atoms. The van der Waals surface area contributed by atoms with E-state index in [1.807, 2.05) is 0 Å². The van der Waals surface area contributed by atoms with Gasteiger partial charge in [-0.1, -0.05) is 0 Å². The molecule has 1 aliphatic rings. The molecule has 0 saturated carbocycles. The lowest BCUT2D eigenvalue weighted by Gasteiger charge is -2.31. The summed E-state index contributed by atoms with van der Waals surface area (Å²) in [7, 11) is 1.20. The summed E-state index contributed by atoms with van der Waals surface area (Å²) < 4.78 is 36.1. The Kier molecular flexibility index (Phi) is 3.36. The Balaban J connectivity index is 2.55. The Morgan fingerprint density at radius 1 is 1.50 bits per heavy atom. The monoisotopic (exact) mass is 210 g/mol. The highest BCUT2D eigenvalue weighted by Gasteiger charge is 2.43. The third-order valence-electron chi connectivity index (χ3n) is 2.38. The predicted molar refractivity (Wildman–Crippen MR) is 44.7 cm³/mol. The zero-order valence-corrected chi connectivity index (χ0v) is 7.90. The van der Waals surface area contributed by atoms with Crippen LogP contribution in [0.25, 0.3) is 0 Å². The number of likely N-dealkylation sites (N-methyl/N-ethyl adjacent to an activating group) is 1. The van der Waals surface area contributed by atoms with E-state index in [2.05, 4.69) is 5.32 Å². The van der Waals surface area contributed by atoms with Gasteiger partial charge in [-0.2, -0.15) is 13.2 Å². The highest BCUT2D eigenvalue weighted by atomic mass is 19.4. The van der Waals surface area contributed by atoms with Gasteiger partial charge in [-0.3, -0.25) is 4.79 Å². The van der Waals surface area contributed by atoms with Gasteiger partial charge in [0.25, 0.3) is 0 Å². The van der Waals surface area contributed by atoms with Crippen LogP contribution >= 0.6 is 0 Å². The number of amides is 1. The molecule has 0 aromatic rings. The van der Waals surface area contributed by atoms with E-state index < -0.39 is 12.1 Å². The number of halogens is 3. The number of alkyl halides is 3. The van der Waals surface area contributed by atoms with Crippen molar-refractivity contribution in [2.45, 2.75) is 25.1 Å². The number of piperidine rings is 1. The first-order chi connectivity index (χ1) is 6.43. The maximum absolute atomic E-state index is 12.0. The second-order valence-corrected chi connectivity index (χ2v) is 3.41. The molecule has 14 heavy (non-hydrogen) atoms. The van der Waals surface area contributed by atoms with Crippen molar-refractivity contribution < 1.29 is 18.0 Å². The van der Waals surface area contributed by atoms with Crippen molar-refractivity contribution in [1.29, 1.82) is 0 Å². The average molecular weight is 210 g/mol. The molecule has 0 aromatic carbocycles. The van der Waals surface area contributed by atoms with E-state index in [1.54, 1.807) is 0 Å². The Labute approximate surface area is 80.3 Å². The zero-order valence-electron chi connectivity index (χ0n) is 7.90. The molecule has 82 valence electrons. The van der Waals surface area contributed by atoms with Gasteiger partial charge in [0, 0.05) is 19.6 Å². The van der Waals surface area contributed by atoms with Gasteiger partial charge in [0.1, 0.15) is 0 Å². The summed E-state index contributed by atoms with van der Waals surface area (Å²) >= 11 is 0. The van der Waals surface area contributed by atoms with Gasteiger partial charge in [0.15, 0.2) is 0 Å². The summed E-state index contributed by atoms with van der Waals surface area (Å²) in [6, 6.07) is -0.335. The molecule has 0 bridgehead atoms. The van der Waals surface area contributed by atoms with Crippen molar-refractivity contribution >= 4 is 5.91 Å². The molecule has 1 aliphatic heterocycles. The quantitative estimate of drug-likeness (QED) is 0.693.